The summed E-state index contributed by atoms with van der Waals surface area (Å²) in [4.78, 5) is 22.6. The van der Waals surface area contributed by atoms with Crippen molar-refractivity contribution in [2.24, 2.45) is 0 Å². The van der Waals surface area contributed by atoms with Gasteiger partial charge in [0.1, 0.15) is 11.3 Å². The van der Waals surface area contributed by atoms with Gasteiger partial charge in [-0.15, -0.1) is 6.58 Å². The number of benzene rings is 1. The fraction of sp³-hybridized carbons (Fsp3) is 0.231. The molecule has 0 aliphatic heterocycles. The first-order chi connectivity index (χ1) is 8.95. The Labute approximate surface area is 115 Å². The third-order valence-corrected chi connectivity index (χ3v) is 2.50. The molecule has 0 heterocycles. The number of nitrogens with one attached hydrogen (secondary N) is 1. The number of amides is 1. The van der Waals surface area contributed by atoms with Crippen molar-refractivity contribution in [2.75, 3.05) is 6.54 Å². The molecular formula is C13H14ClNO4. The van der Waals surface area contributed by atoms with E-state index in [1.165, 1.54) is 31.2 Å². The van der Waals surface area contributed by atoms with Gasteiger partial charge in [0.25, 0.3) is 5.91 Å². The van der Waals surface area contributed by atoms with Crippen molar-refractivity contribution in [1.29, 1.82) is 0 Å². The number of rotatable bonds is 6. The summed E-state index contributed by atoms with van der Waals surface area (Å²) in [7, 11) is 0. The Hall–Kier alpha value is -2.01. The number of ether oxygens (including phenoxy) is 1. The van der Waals surface area contributed by atoms with Crippen LogP contribution in [-0.2, 0) is 4.79 Å². The molecular weight excluding hydrogens is 270 g/mol. The number of carbonyl (C=O) groups excluding carboxylic acids is 1. The molecule has 5 nitrogen and oxygen atoms in total. The second-order valence-electron chi connectivity index (χ2n) is 3.74. The first-order valence-corrected chi connectivity index (χ1v) is 5.91. The zero-order chi connectivity index (χ0) is 14.4. The number of hydrogen-bond acceptors (Lipinski definition) is 3. The molecule has 0 aliphatic carbocycles. The molecule has 0 saturated carbocycles. The van der Waals surface area contributed by atoms with Gasteiger partial charge in [-0.25, -0.2) is 4.79 Å². The second kappa shape index (κ2) is 6.80. The molecule has 1 aromatic carbocycles. The monoisotopic (exact) mass is 283 g/mol. The predicted molar refractivity (Wildman–Crippen MR) is 71.7 cm³/mol. The van der Waals surface area contributed by atoms with Crippen LogP contribution in [0.4, 0.5) is 0 Å². The molecule has 0 radical (unpaired) electrons. The van der Waals surface area contributed by atoms with Crippen LogP contribution in [0.5, 0.6) is 5.75 Å². The van der Waals surface area contributed by atoms with E-state index in [9.17, 15) is 9.59 Å². The molecule has 0 aliphatic rings. The molecule has 0 fully saturated rings. The second-order valence-corrected chi connectivity index (χ2v) is 4.18. The summed E-state index contributed by atoms with van der Waals surface area (Å²) < 4.78 is 5.33. The van der Waals surface area contributed by atoms with Crippen molar-refractivity contribution in [3.8, 4) is 5.75 Å². The molecule has 1 unspecified atom stereocenters. The predicted octanol–water partition coefficient (Wildman–Crippen LogP) is 2.11. The normalized spacial score (nSPS) is 11.5. The summed E-state index contributed by atoms with van der Waals surface area (Å²) in [6, 6.07) is 4.19. The van der Waals surface area contributed by atoms with E-state index in [2.05, 4.69) is 11.9 Å². The maximum Gasteiger partial charge on any atom is 0.339 e. The lowest BCUT2D eigenvalue weighted by molar-refractivity contribution is -0.127. The molecule has 102 valence electrons. The summed E-state index contributed by atoms with van der Waals surface area (Å²) >= 11 is 5.72. The van der Waals surface area contributed by atoms with E-state index in [0.717, 1.165) is 0 Å². The lowest BCUT2D eigenvalue weighted by atomic mass is 10.2. The van der Waals surface area contributed by atoms with Gasteiger partial charge >= 0.3 is 5.97 Å². The Kier molecular flexibility index (Phi) is 5.38. The van der Waals surface area contributed by atoms with E-state index in [-0.39, 0.29) is 22.2 Å². The minimum absolute atomic E-state index is 0.0872. The van der Waals surface area contributed by atoms with Crippen molar-refractivity contribution >= 4 is 23.5 Å². The lowest BCUT2D eigenvalue weighted by Gasteiger charge is -2.15. The number of hydrogen-bond donors (Lipinski definition) is 2. The highest BCUT2D eigenvalue weighted by atomic mass is 35.5. The quantitative estimate of drug-likeness (QED) is 0.784. The molecule has 1 atom stereocenters. The smallest absolute Gasteiger partial charge is 0.339 e. The van der Waals surface area contributed by atoms with Gasteiger partial charge in [-0.05, 0) is 25.1 Å². The molecule has 0 saturated heterocycles. The fourth-order valence-electron chi connectivity index (χ4n) is 1.33. The topological polar surface area (TPSA) is 75.6 Å². The molecule has 0 aromatic heterocycles. The van der Waals surface area contributed by atoms with Gasteiger partial charge in [0.2, 0.25) is 0 Å². The lowest BCUT2D eigenvalue weighted by Crippen LogP contribution is -2.36. The van der Waals surface area contributed by atoms with Gasteiger partial charge in [-0.1, -0.05) is 17.7 Å². The Balaban J connectivity index is 2.84. The average Bonchev–Trinajstić information content (AvgIpc) is 2.37. The highest BCUT2D eigenvalue weighted by Gasteiger charge is 2.18. The highest BCUT2D eigenvalue weighted by molar-refractivity contribution is 6.31. The molecule has 1 amide bonds. The van der Waals surface area contributed by atoms with E-state index >= 15 is 0 Å². The molecule has 6 heteroatoms. The standard InChI is InChI=1S/C13H14ClNO4/c1-3-6-15-12(16)8(2)19-11-5-4-9(14)7-10(11)13(17)18/h3-5,7-8H,1,6H2,2H3,(H,15,16)(H,17,18). The minimum atomic E-state index is -1.17. The van der Waals surface area contributed by atoms with Crippen LogP contribution >= 0.6 is 11.6 Å². The highest BCUT2D eigenvalue weighted by Crippen LogP contribution is 2.23. The summed E-state index contributed by atoms with van der Waals surface area (Å²) in [5.74, 6) is -1.43. The van der Waals surface area contributed by atoms with Crippen LogP contribution < -0.4 is 10.1 Å². The maximum absolute atomic E-state index is 11.6. The molecule has 1 rings (SSSR count). The number of carboxylic acids is 1. The van der Waals surface area contributed by atoms with E-state index in [1.54, 1.807) is 0 Å². The van der Waals surface area contributed by atoms with Crippen molar-refractivity contribution < 1.29 is 19.4 Å². The van der Waals surface area contributed by atoms with Crippen LogP contribution in [0.2, 0.25) is 5.02 Å². The van der Waals surface area contributed by atoms with Gasteiger partial charge < -0.3 is 15.2 Å². The van der Waals surface area contributed by atoms with E-state index in [4.69, 9.17) is 21.4 Å². The first-order valence-electron chi connectivity index (χ1n) is 5.53. The van der Waals surface area contributed by atoms with Crippen LogP contribution in [0.3, 0.4) is 0 Å². The third kappa shape index (κ3) is 4.30. The van der Waals surface area contributed by atoms with Gasteiger partial charge in [0.05, 0.1) is 0 Å². The van der Waals surface area contributed by atoms with E-state index < -0.39 is 12.1 Å². The Morgan fingerprint density at radius 2 is 2.26 bits per heavy atom. The average molecular weight is 284 g/mol. The van der Waals surface area contributed by atoms with Crippen molar-refractivity contribution in [3.63, 3.8) is 0 Å². The first kappa shape index (κ1) is 15.0. The van der Waals surface area contributed by atoms with E-state index in [1.807, 2.05) is 0 Å². The van der Waals surface area contributed by atoms with Crippen molar-refractivity contribution in [2.45, 2.75) is 13.0 Å². The summed E-state index contributed by atoms with van der Waals surface area (Å²) in [5, 5.41) is 11.9. The third-order valence-electron chi connectivity index (χ3n) is 2.27. The number of aromatic carboxylic acids is 1. The summed E-state index contributed by atoms with van der Waals surface area (Å²) in [6.07, 6.45) is 0.717. The van der Waals surface area contributed by atoms with E-state index in [0.29, 0.717) is 6.54 Å². The molecule has 2 N–H and O–H groups in total. The van der Waals surface area contributed by atoms with Gasteiger partial charge in [-0.2, -0.15) is 0 Å². The van der Waals surface area contributed by atoms with Gasteiger partial charge in [0.15, 0.2) is 6.10 Å². The van der Waals surface area contributed by atoms with Crippen LogP contribution in [0.1, 0.15) is 17.3 Å². The molecule has 0 bridgehead atoms. The Morgan fingerprint density at radius 3 is 2.84 bits per heavy atom. The summed E-state index contributed by atoms with van der Waals surface area (Å²) in [6.45, 7) is 5.32. The zero-order valence-corrected chi connectivity index (χ0v) is 11.1. The Bertz CT molecular complexity index is 501. The van der Waals surface area contributed by atoms with Crippen molar-refractivity contribution in [1.82, 2.24) is 5.32 Å². The van der Waals surface area contributed by atoms with Crippen molar-refractivity contribution in [3.05, 3.63) is 41.4 Å². The number of halogens is 1. The zero-order valence-electron chi connectivity index (χ0n) is 10.4. The minimum Gasteiger partial charge on any atom is -0.480 e. The van der Waals surface area contributed by atoms with Gasteiger partial charge in [0, 0.05) is 11.6 Å². The maximum atomic E-state index is 11.6. The van der Waals surface area contributed by atoms with Crippen LogP contribution in [-0.4, -0.2) is 29.6 Å². The largest absolute Gasteiger partial charge is 0.480 e. The molecule has 1 aromatic rings. The van der Waals surface area contributed by atoms with Gasteiger partial charge in [-0.3, -0.25) is 4.79 Å². The molecule has 19 heavy (non-hydrogen) atoms. The summed E-state index contributed by atoms with van der Waals surface area (Å²) in [5.41, 5.74) is -0.0872. The molecule has 0 spiro atoms. The van der Waals surface area contributed by atoms with Crippen LogP contribution in [0.15, 0.2) is 30.9 Å². The van der Waals surface area contributed by atoms with Crippen LogP contribution in [0, 0.1) is 0 Å². The fourth-order valence-corrected chi connectivity index (χ4v) is 1.50. The van der Waals surface area contributed by atoms with Crippen LogP contribution in [0.25, 0.3) is 0 Å². The number of carbonyl (C=O) groups is 2. The SMILES string of the molecule is C=CCNC(=O)C(C)Oc1ccc(Cl)cc1C(=O)O. The Morgan fingerprint density at radius 1 is 1.58 bits per heavy atom. The number of carboxylic acid groups (broad SMARTS) is 1.